The Hall–Kier alpha value is -1.75. The van der Waals surface area contributed by atoms with E-state index in [9.17, 15) is 4.79 Å². The summed E-state index contributed by atoms with van der Waals surface area (Å²) in [6.07, 6.45) is 1.27. The van der Waals surface area contributed by atoms with Gasteiger partial charge in [-0.25, -0.2) is 0 Å². The standard InChI is InChI=1S/C19H23ClN2O2.ClH/c1-21-10-5-11-22-19(23)13-15-6-4-8-17(12-15)24-14-16-7-2-3-9-18(16)20;/h2-4,6-9,12,21H,5,10-11,13-14H2,1H3,(H,22,23);1H. The SMILES string of the molecule is CNCCCNC(=O)Cc1cccc(OCc2ccccc2Cl)c1.Cl. The highest BCUT2D eigenvalue weighted by Crippen LogP contribution is 2.19. The first kappa shape index (κ1) is 21.3. The van der Waals surface area contributed by atoms with E-state index in [-0.39, 0.29) is 18.3 Å². The van der Waals surface area contributed by atoms with Crippen LogP contribution < -0.4 is 15.4 Å². The summed E-state index contributed by atoms with van der Waals surface area (Å²) in [5, 5.41) is 6.66. The Morgan fingerprint density at radius 1 is 1.12 bits per heavy atom. The van der Waals surface area contributed by atoms with Gasteiger partial charge in [0.1, 0.15) is 12.4 Å². The van der Waals surface area contributed by atoms with Crippen LogP contribution in [0.2, 0.25) is 5.02 Å². The van der Waals surface area contributed by atoms with E-state index < -0.39 is 0 Å². The molecule has 2 aromatic rings. The van der Waals surface area contributed by atoms with Gasteiger partial charge in [-0.15, -0.1) is 12.4 Å². The number of halogens is 2. The van der Waals surface area contributed by atoms with E-state index in [4.69, 9.17) is 16.3 Å². The van der Waals surface area contributed by atoms with Crippen molar-refractivity contribution >= 4 is 29.9 Å². The zero-order valence-electron chi connectivity index (χ0n) is 14.3. The van der Waals surface area contributed by atoms with Crippen molar-refractivity contribution in [3.05, 3.63) is 64.7 Å². The van der Waals surface area contributed by atoms with Gasteiger partial charge in [0.05, 0.1) is 6.42 Å². The van der Waals surface area contributed by atoms with Gasteiger partial charge in [0, 0.05) is 17.1 Å². The molecule has 1 amide bonds. The van der Waals surface area contributed by atoms with Gasteiger partial charge in [0.25, 0.3) is 0 Å². The number of carbonyl (C=O) groups is 1. The first-order chi connectivity index (χ1) is 11.7. The van der Waals surface area contributed by atoms with Gasteiger partial charge in [0.15, 0.2) is 0 Å². The molecule has 25 heavy (non-hydrogen) atoms. The van der Waals surface area contributed by atoms with E-state index in [1.165, 1.54) is 0 Å². The highest BCUT2D eigenvalue weighted by Gasteiger charge is 2.05. The molecule has 0 atom stereocenters. The maximum absolute atomic E-state index is 11.9. The lowest BCUT2D eigenvalue weighted by atomic mass is 10.1. The molecule has 6 heteroatoms. The fraction of sp³-hybridized carbons (Fsp3) is 0.316. The van der Waals surface area contributed by atoms with Crippen LogP contribution >= 0.6 is 24.0 Å². The van der Waals surface area contributed by atoms with Crippen LogP contribution in [0.15, 0.2) is 48.5 Å². The normalized spacial score (nSPS) is 10.0. The Bertz CT molecular complexity index is 665. The lowest BCUT2D eigenvalue weighted by Crippen LogP contribution is -2.27. The van der Waals surface area contributed by atoms with Crippen LogP contribution in [0.4, 0.5) is 0 Å². The first-order valence-corrected chi connectivity index (χ1v) is 8.43. The van der Waals surface area contributed by atoms with Gasteiger partial charge in [-0.2, -0.15) is 0 Å². The van der Waals surface area contributed by atoms with Crippen LogP contribution in [0.5, 0.6) is 5.75 Å². The molecule has 0 aromatic heterocycles. The highest BCUT2D eigenvalue weighted by atomic mass is 35.5. The van der Waals surface area contributed by atoms with E-state index in [2.05, 4.69) is 10.6 Å². The summed E-state index contributed by atoms with van der Waals surface area (Å²) in [5.74, 6) is 0.754. The molecule has 0 aliphatic carbocycles. The predicted octanol–water partition coefficient (Wildman–Crippen LogP) is 3.61. The first-order valence-electron chi connectivity index (χ1n) is 8.05. The second-order valence-electron chi connectivity index (χ2n) is 5.51. The summed E-state index contributed by atoms with van der Waals surface area (Å²) < 4.78 is 5.78. The van der Waals surface area contributed by atoms with Crippen molar-refractivity contribution in [3.63, 3.8) is 0 Å². The van der Waals surface area contributed by atoms with Crippen LogP contribution in [0.1, 0.15) is 17.5 Å². The molecule has 0 unspecified atom stereocenters. The molecule has 0 aliphatic heterocycles. The smallest absolute Gasteiger partial charge is 0.224 e. The molecule has 2 aromatic carbocycles. The van der Waals surface area contributed by atoms with Crippen LogP contribution in [-0.2, 0) is 17.8 Å². The molecule has 0 bridgehead atoms. The number of ether oxygens (including phenoxy) is 1. The molecule has 0 saturated heterocycles. The Kier molecular flexibility index (Phi) is 10.0. The topological polar surface area (TPSA) is 50.4 Å². The molecule has 0 fully saturated rings. The number of hydrogen-bond donors (Lipinski definition) is 2. The maximum atomic E-state index is 11.9. The molecule has 4 nitrogen and oxygen atoms in total. The zero-order chi connectivity index (χ0) is 17.2. The molecular formula is C19H24Cl2N2O2. The minimum atomic E-state index is 0. The van der Waals surface area contributed by atoms with Crippen LogP contribution in [0.25, 0.3) is 0 Å². The molecule has 2 rings (SSSR count). The maximum Gasteiger partial charge on any atom is 0.224 e. The minimum Gasteiger partial charge on any atom is -0.489 e. The van der Waals surface area contributed by atoms with E-state index in [0.29, 0.717) is 24.6 Å². The van der Waals surface area contributed by atoms with Crippen molar-refractivity contribution in [1.82, 2.24) is 10.6 Å². The minimum absolute atomic E-state index is 0. The average Bonchev–Trinajstić information content (AvgIpc) is 2.58. The van der Waals surface area contributed by atoms with Crippen molar-refractivity contribution in [3.8, 4) is 5.75 Å². The number of carbonyl (C=O) groups excluding carboxylic acids is 1. The van der Waals surface area contributed by atoms with Gasteiger partial charge in [-0.3, -0.25) is 4.79 Å². The zero-order valence-corrected chi connectivity index (χ0v) is 15.8. The van der Waals surface area contributed by atoms with Crippen LogP contribution in [-0.4, -0.2) is 26.0 Å². The van der Waals surface area contributed by atoms with Gasteiger partial charge < -0.3 is 15.4 Å². The summed E-state index contributed by atoms with van der Waals surface area (Å²) in [6, 6.07) is 15.2. The summed E-state index contributed by atoms with van der Waals surface area (Å²) in [7, 11) is 1.90. The number of amides is 1. The van der Waals surface area contributed by atoms with Crippen LogP contribution in [0, 0.1) is 0 Å². The molecule has 0 saturated carbocycles. The number of hydrogen-bond acceptors (Lipinski definition) is 3. The Balaban J connectivity index is 0.00000312. The third kappa shape index (κ3) is 7.78. The predicted molar refractivity (Wildman–Crippen MR) is 105 cm³/mol. The number of benzene rings is 2. The van der Waals surface area contributed by atoms with E-state index in [1.54, 1.807) is 0 Å². The summed E-state index contributed by atoms with van der Waals surface area (Å²) >= 11 is 6.12. The quantitative estimate of drug-likeness (QED) is 0.651. The van der Waals surface area contributed by atoms with Gasteiger partial charge >= 0.3 is 0 Å². The van der Waals surface area contributed by atoms with Crippen molar-refractivity contribution in [1.29, 1.82) is 0 Å². The fourth-order valence-corrected chi connectivity index (χ4v) is 2.45. The van der Waals surface area contributed by atoms with Crippen molar-refractivity contribution in [2.24, 2.45) is 0 Å². The number of rotatable bonds is 9. The lowest BCUT2D eigenvalue weighted by molar-refractivity contribution is -0.120. The fourth-order valence-electron chi connectivity index (χ4n) is 2.26. The molecular weight excluding hydrogens is 359 g/mol. The summed E-state index contributed by atoms with van der Waals surface area (Å²) in [6.45, 7) is 1.98. The van der Waals surface area contributed by atoms with Gasteiger partial charge in [-0.1, -0.05) is 41.9 Å². The molecule has 0 radical (unpaired) electrons. The Morgan fingerprint density at radius 2 is 1.92 bits per heavy atom. The summed E-state index contributed by atoms with van der Waals surface area (Å²) in [4.78, 5) is 11.9. The number of nitrogens with one attached hydrogen (secondary N) is 2. The third-order valence-electron chi connectivity index (χ3n) is 3.54. The average molecular weight is 383 g/mol. The molecule has 2 N–H and O–H groups in total. The van der Waals surface area contributed by atoms with E-state index in [0.717, 1.165) is 29.8 Å². The molecule has 136 valence electrons. The van der Waals surface area contributed by atoms with Crippen molar-refractivity contribution in [2.45, 2.75) is 19.4 Å². The second-order valence-corrected chi connectivity index (χ2v) is 5.92. The molecule has 0 aliphatic rings. The van der Waals surface area contributed by atoms with E-state index >= 15 is 0 Å². The van der Waals surface area contributed by atoms with Crippen molar-refractivity contribution in [2.75, 3.05) is 20.1 Å². The van der Waals surface area contributed by atoms with Crippen LogP contribution in [0.3, 0.4) is 0 Å². The largest absolute Gasteiger partial charge is 0.489 e. The van der Waals surface area contributed by atoms with E-state index in [1.807, 2.05) is 55.6 Å². The Morgan fingerprint density at radius 3 is 2.68 bits per heavy atom. The van der Waals surface area contributed by atoms with Gasteiger partial charge in [-0.05, 0) is 43.8 Å². The van der Waals surface area contributed by atoms with Crippen molar-refractivity contribution < 1.29 is 9.53 Å². The second kappa shape index (κ2) is 11.7. The third-order valence-corrected chi connectivity index (χ3v) is 3.91. The van der Waals surface area contributed by atoms with Gasteiger partial charge in [0.2, 0.25) is 5.91 Å². The summed E-state index contributed by atoms with van der Waals surface area (Å²) in [5.41, 5.74) is 1.87. The lowest BCUT2D eigenvalue weighted by Gasteiger charge is -2.09. The Labute approximate surface area is 160 Å². The monoisotopic (exact) mass is 382 g/mol. The molecule has 0 heterocycles. The highest BCUT2D eigenvalue weighted by molar-refractivity contribution is 6.31. The molecule has 0 spiro atoms.